The average molecular weight is 462 g/mol. The minimum absolute atomic E-state index is 0.0515. The van der Waals surface area contributed by atoms with E-state index in [0.717, 1.165) is 42.3 Å². The molecule has 1 saturated heterocycles. The number of unbranched alkanes of at least 4 members (excludes halogenated alkanes) is 1. The van der Waals surface area contributed by atoms with Crippen LogP contribution in [0.1, 0.15) is 69.8 Å². The van der Waals surface area contributed by atoms with Gasteiger partial charge in [0.25, 0.3) is 5.91 Å². The number of likely N-dealkylation sites (tertiary alicyclic amines) is 1. The van der Waals surface area contributed by atoms with Crippen LogP contribution in [0.25, 0.3) is 22.3 Å². The smallest absolute Gasteiger partial charge is 0.255 e. The van der Waals surface area contributed by atoms with E-state index in [1.165, 1.54) is 0 Å². The van der Waals surface area contributed by atoms with Crippen LogP contribution in [0.15, 0.2) is 42.6 Å². The van der Waals surface area contributed by atoms with Gasteiger partial charge in [0.15, 0.2) is 5.65 Å². The molecule has 0 bridgehead atoms. The SMILES string of the molecule is CCCCNC(=O)C1CCC(C)N(C(=O)c2cc(-c3ccccc3)nc3c2cnn3C(C)C)C1. The summed E-state index contributed by atoms with van der Waals surface area (Å²) in [5.41, 5.74) is 3.00. The molecule has 1 aromatic carbocycles. The molecule has 0 spiro atoms. The Morgan fingerprint density at radius 1 is 1.18 bits per heavy atom. The van der Waals surface area contributed by atoms with Crippen molar-refractivity contribution in [3.63, 3.8) is 0 Å². The number of fused-ring (bicyclic) bond motifs is 1. The van der Waals surface area contributed by atoms with Crippen LogP contribution in [-0.4, -0.2) is 50.6 Å². The van der Waals surface area contributed by atoms with E-state index >= 15 is 0 Å². The topological polar surface area (TPSA) is 80.1 Å². The first-order valence-corrected chi connectivity index (χ1v) is 12.4. The lowest BCUT2D eigenvalue weighted by Crippen LogP contribution is -2.49. The summed E-state index contributed by atoms with van der Waals surface area (Å²) in [7, 11) is 0. The predicted molar refractivity (Wildman–Crippen MR) is 134 cm³/mol. The number of nitrogens with zero attached hydrogens (tertiary/aromatic N) is 4. The highest BCUT2D eigenvalue weighted by Gasteiger charge is 2.34. The Balaban J connectivity index is 1.70. The lowest BCUT2D eigenvalue weighted by Gasteiger charge is -2.37. The third-order valence-electron chi connectivity index (χ3n) is 6.70. The molecule has 34 heavy (non-hydrogen) atoms. The Morgan fingerprint density at radius 3 is 2.65 bits per heavy atom. The van der Waals surface area contributed by atoms with Crippen LogP contribution < -0.4 is 5.32 Å². The third kappa shape index (κ3) is 4.83. The van der Waals surface area contributed by atoms with Crippen molar-refractivity contribution in [2.75, 3.05) is 13.1 Å². The monoisotopic (exact) mass is 461 g/mol. The molecule has 0 radical (unpaired) electrons. The number of piperidine rings is 1. The first kappa shape index (κ1) is 23.9. The second kappa shape index (κ2) is 10.4. The van der Waals surface area contributed by atoms with Crippen molar-refractivity contribution in [1.82, 2.24) is 25.0 Å². The van der Waals surface area contributed by atoms with E-state index in [0.29, 0.717) is 24.3 Å². The highest BCUT2D eigenvalue weighted by Crippen LogP contribution is 2.30. The largest absolute Gasteiger partial charge is 0.356 e. The van der Waals surface area contributed by atoms with E-state index < -0.39 is 0 Å². The van der Waals surface area contributed by atoms with Gasteiger partial charge >= 0.3 is 0 Å². The molecule has 2 amide bonds. The summed E-state index contributed by atoms with van der Waals surface area (Å²) in [6.45, 7) is 9.40. The van der Waals surface area contributed by atoms with Crippen LogP contribution in [0.3, 0.4) is 0 Å². The van der Waals surface area contributed by atoms with Gasteiger partial charge in [0.2, 0.25) is 5.91 Å². The molecule has 1 fully saturated rings. The Morgan fingerprint density at radius 2 is 1.94 bits per heavy atom. The minimum atomic E-state index is -0.179. The molecule has 180 valence electrons. The van der Waals surface area contributed by atoms with Crippen LogP contribution in [0.4, 0.5) is 0 Å². The summed E-state index contributed by atoms with van der Waals surface area (Å²) in [5.74, 6) is -0.191. The summed E-state index contributed by atoms with van der Waals surface area (Å²) >= 11 is 0. The molecule has 4 rings (SSSR count). The molecule has 3 aromatic rings. The van der Waals surface area contributed by atoms with Crippen molar-refractivity contribution in [1.29, 1.82) is 0 Å². The van der Waals surface area contributed by atoms with E-state index in [9.17, 15) is 9.59 Å². The van der Waals surface area contributed by atoms with Crippen molar-refractivity contribution in [3.05, 3.63) is 48.2 Å². The van der Waals surface area contributed by atoms with Gasteiger partial charge in [-0.1, -0.05) is 43.7 Å². The molecule has 3 heterocycles. The predicted octanol–water partition coefficient (Wildman–Crippen LogP) is 4.84. The van der Waals surface area contributed by atoms with E-state index in [1.807, 2.05) is 46.0 Å². The zero-order valence-electron chi connectivity index (χ0n) is 20.6. The standard InChI is InChI=1S/C27H35N5O2/c1-5-6-14-28-26(33)21-13-12-19(4)31(17-21)27(34)22-15-24(20-10-8-7-9-11-20)30-25-23(22)16-29-32(25)18(2)3/h7-11,15-16,18-19,21H,5-6,12-14,17H2,1-4H3,(H,28,33). The molecule has 7 nitrogen and oxygen atoms in total. The van der Waals surface area contributed by atoms with Gasteiger partial charge in [-0.25, -0.2) is 9.67 Å². The van der Waals surface area contributed by atoms with E-state index in [2.05, 4.69) is 38.1 Å². The second-order valence-corrected chi connectivity index (χ2v) is 9.57. The van der Waals surface area contributed by atoms with Gasteiger partial charge < -0.3 is 10.2 Å². The van der Waals surface area contributed by atoms with Crippen LogP contribution in [0.2, 0.25) is 0 Å². The number of hydrogen-bond donors (Lipinski definition) is 1. The zero-order valence-corrected chi connectivity index (χ0v) is 20.6. The van der Waals surface area contributed by atoms with Gasteiger partial charge in [0.1, 0.15) is 0 Å². The average Bonchev–Trinajstić information content (AvgIpc) is 3.28. The van der Waals surface area contributed by atoms with Crippen LogP contribution >= 0.6 is 0 Å². The number of hydrogen-bond acceptors (Lipinski definition) is 4. The molecule has 2 unspecified atom stereocenters. The highest BCUT2D eigenvalue weighted by atomic mass is 16.2. The molecular weight excluding hydrogens is 426 g/mol. The zero-order chi connectivity index (χ0) is 24.2. The molecule has 1 aliphatic rings. The van der Waals surface area contributed by atoms with Gasteiger partial charge in [-0.3, -0.25) is 9.59 Å². The summed E-state index contributed by atoms with van der Waals surface area (Å²) in [6.07, 6.45) is 5.36. The maximum atomic E-state index is 13.9. The summed E-state index contributed by atoms with van der Waals surface area (Å²) in [6, 6.07) is 12.0. The summed E-state index contributed by atoms with van der Waals surface area (Å²) in [4.78, 5) is 33.4. The summed E-state index contributed by atoms with van der Waals surface area (Å²) < 4.78 is 1.86. The fourth-order valence-corrected chi connectivity index (χ4v) is 4.62. The molecule has 1 N–H and O–H groups in total. The van der Waals surface area contributed by atoms with Gasteiger partial charge in [-0.2, -0.15) is 5.10 Å². The van der Waals surface area contributed by atoms with Crippen molar-refractivity contribution >= 4 is 22.8 Å². The lowest BCUT2D eigenvalue weighted by atomic mass is 9.91. The van der Waals surface area contributed by atoms with Gasteiger partial charge in [-0.05, 0) is 46.1 Å². The molecule has 7 heteroatoms. The Labute approximate surface area is 201 Å². The second-order valence-electron chi connectivity index (χ2n) is 9.57. The number of nitrogens with one attached hydrogen (secondary N) is 1. The number of rotatable bonds is 7. The molecule has 0 saturated carbocycles. The Bertz CT molecular complexity index is 1150. The number of pyridine rings is 1. The van der Waals surface area contributed by atoms with E-state index in [1.54, 1.807) is 6.20 Å². The van der Waals surface area contributed by atoms with Gasteiger partial charge in [0, 0.05) is 30.7 Å². The Kier molecular flexibility index (Phi) is 7.29. The fraction of sp³-hybridized carbons (Fsp3) is 0.481. The molecule has 0 aliphatic carbocycles. The van der Waals surface area contributed by atoms with Crippen LogP contribution in [0, 0.1) is 5.92 Å². The highest BCUT2D eigenvalue weighted by molar-refractivity contribution is 6.06. The number of aromatic nitrogens is 3. The quantitative estimate of drug-likeness (QED) is 0.511. The number of amides is 2. The van der Waals surface area contributed by atoms with Gasteiger partial charge in [0.05, 0.1) is 28.8 Å². The minimum Gasteiger partial charge on any atom is -0.356 e. The van der Waals surface area contributed by atoms with Crippen molar-refractivity contribution in [3.8, 4) is 11.3 Å². The van der Waals surface area contributed by atoms with Crippen molar-refractivity contribution in [2.24, 2.45) is 5.92 Å². The first-order chi connectivity index (χ1) is 16.4. The third-order valence-corrected chi connectivity index (χ3v) is 6.70. The Hall–Kier alpha value is -3.22. The maximum Gasteiger partial charge on any atom is 0.255 e. The van der Waals surface area contributed by atoms with E-state index in [-0.39, 0.29) is 29.8 Å². The molecule has 2 aromatic heterocycles. The first-order valence-electron chi connectivity index (χ1n) is 12.4. The van der Waals surface area contributed by atoms with Crippen molar-refractivity contribution in [2.45, 2.75) is 65.5 Å². The molecule has 1 aliphatic heterocycles. The number of carbonyl (C=O) groups excluding carboxylic acids is 2. The normalized spacial score (nSPS) is 18.4. The van der Waals surface area contributed by atoms with Gasteiger partial charge in [-0.15, -0.1) is 0 Å². The summed E-state index contributed by atoms with van der Waals surface area (Å²) in [5, 5.41) is 8.33. The fourth-order valence-electron chi connectivity index (χ4n) is 4.62. The molecular formula is C27H35N5O2. The number of benzene rings is 1. The van der Waals surface area contributed by atoms with Crippen LogP contribution in [-0.2, 0) is 4.79 Å². The number of carbonyl (C=O) groups is 2. The molecule has 2 atom stereocenters. The van der Waals surface area contributed by atoms with Crippen LogP contribution in [0.5, 0.6) is 0 Å². The maximum absolute atomic E-state index is 13.9. The lowest BCUT2D eigenvalue weighted by molar-refractivity contribution is -0.126. The van der Waals surface area contributed by atoms with E-state index in [4.69, 9.17) is 4.98 Å². The van der Waals surface area contributed by atoms with Crippen molar-refractivity contribution < 1.29 is 9.59 Å².